The Morgan fingerprint density at radius 3 is 1.96 bits per heavy atom. The van der Waals surface area contributed by atoms with E-state index in [2.05, 4.69) is 9.97 Å². The molecule has 9 heteroatoms. The topological polar surface area (TPSA) is 87.4 Å². The van der Waals surface area contributed by atoms with Crippen molar-refractivity contribution in [3.8, 4) is 23.3 Å². The van der Waals surface area contributed by atoms with Crippen LogP contribution in [-0.2, 0) is 0 Å². The van der Waals surface area contributed by atoms with E-state index in [4.69, 9.17) is 32.7 Å². The monoisotopic (exact) mass is 419 g/mol. The summed E-state index contributed by atoms with van der Waals surface area (Å²) in [6, 6.07) is 8.22. The molecule has 144 valence electrons. The number of hydrogen-bond acceptors (Lipinski definition) is 6. The predicted octanol–water partition coefficient (Wildman–Crippen LogP) is 6.20. The van der Waals surface area contributed by atoms with Gasteiger partial charge in [0.05, 0.1) is 4.92 Å². The lowest BCUT2D eigenvalue weighted by Gasteiger charge is -2.11. The first-order valence-corrected chi connectivity index (χ1v) is 8.90. The van der Waals surface area contributed by atoms with Crippen molar-refractivity contribution in [3.63, 3.8) is 0 Å². The largest absolute Gasteiger partial charge is 0.433 e. The zero-order valence-corrected chi connectivity index (χ0v) is 16.7. The quantitative estimate of drug-likeness (QED) is 0.361. The van der Waals surface area contributed by atoms with Crippen LogP contribution in [0.4, 0.5) is 5.69 Å². The van der Waals surface area contributed by atoms with Crippen molar-refractivity contribution in [2.75, 3.05) is 0 Å². The van der Waals surface area contributed by atoms with Crippen LogP contribution in [-0.4, -0.2) is 14.9 Å². The summed E-state index contributed by atoms with van der Waals surface area (Å²) < 4.78 is 11.3. The number of aromatic nitrogens is 2. The third kappa shape index (κ3) is 4.16. The zero-order valence-electron chi connectivity index (χ0n) is 15.2. The smallest absolute Gasteiger partial charge is 0.393 e. The van der Waals surface area contributed by atoms with Crippen molar-refractivity contribution >= 4 is 28.9 Å². The van der Waals surface area contributed by atoms with Crippen molar-refractivity contribution in [1.29, 1.82) is 0 Å². The average Bonchev–Trinajstić information content (AvgIpc) is 2.62. The van der Waals surface area contributed by atoms with E-state index in [0.717, 1.165) is 23.0 Å². The van der Waals surface area contributed by atoms with Crippen LogP contribution in [0.15, 0.2) is 36.7 Å². The van der Waals surface area contributed by atoms with Gasteiger partial charge in [-0.25, -0.2) is 0 Å². The van der Waals surface area contributed by atoms with Crippen LogP contribution in [0.1, 0.15) is 16.7 Å². The highest BCUT2D eigenvalue weighted by atomic mass is 35.5. The fourth-order valence-corrected chi connectivity index (χ4v) is 2.75. The van der Waals surface area contributed by atoms with Crippen molar-refractivity contribution in [2.24, 2.45) is 0 Å². The van der Waals surface area contributed by atoms with E-state index in [1.807, 2.05) is 13.8 Å². The number of rotatable bonds is 5. The normalized spacial score (nSPS) is 10.6. The summed E-state index contributed by atoms with van der Waals surface area (Å²) in [6.07, 6.45) is 1.13. The first kappa shape index (κ1) is 19.9. The molecule has 7 nitrogen and oxygen atoms in total. The molecule has 0 saturated carbocycles. The Hall–Kier alpha value is -2.90. The molecule has 1 heterocycles. The molecule has 0 aliphatic rings. The fraction of sp³-hybridized carbons (Fsp3) is 0.158. The summed E-state index contributed by atoms with van der Waals surface area (Å²) >= 11 is 12.2. The third-order valence-corrected chi connectivity index (χ3v) is 4.93. The third-order valence-electron chi connectivity index (χ3n) is 3.91. The van der Waals surface area contributed by atoms with E-state index >= 15 is 0 Å². The van der Waals surface area contributed by atoms with Crippen LogP contribution in [0, 0.1) is 30.9 Å². The molecular formula is C19H15Cl2N3O4. The van der Waals surface area contributed by atoms with Crippen molar-refractivity contribution in [2.45, 2.75) is 20.8 Å². The van der Waals surface area contributed by atoms with Gasteiger partial charge in [0, 0.05) is 10.0 Å². The molecule has 0 radical (unpaired) electrons. The van der Waals surface area contributed by atoms with Gasteiger partial charge in [-0.1, -0.05) is 23.2 Å². The Labute approximate surface area is 171 Å². The van der Waals surface area contributed by atoms with Crippen molar-refractivity contribution in [1.82, 2.24) is 9.97 Å². The maximum atomic E-state index is 11.7. The highest BCUT2D eigenvalue weighted by Crippen LogP contribution is 2.39. The Balaban J connectivity index is 2.00. The molecule has 0 spiro atoms. The summed E-state index contributed by atoms with van der Waals surface area (Å²) in [6.45, 7) is 5.42. The zero-order chi connectivity index (χ0) is 20.4. The van der Waals surface area contributed by atoms with Gasteiger partial charge in [-0.05, 0) is 67.8 Å². The maximum Gasteiger partial charge on any atom is 0.393 e. The lowest BCUT2D eigenvalue weighted by Crippen LogP contribution is -2.01. The average molecular weight is 420 g/mol. The molecule has 0 N–H and O–H groups in total. The maximum absolute atomic E-state index is 11.7. The van der Waals surface area contributed by atoms with E-state index in [0.29, 0.717) is 21.5 Å². The SMILES string of the molecule is Cc1cc(Oc2ncnc(Oc3cc(C)c(Cl)c(C)c3)c2[N+](=O)[O-])ccc1Cl. The van der Waals surface area contributed by atoms with Gasteiger partial charge in [0.25, 0.3) is 0 Å². The second kappa shape index (κ2) is 8.00. The summed E-state index contributed by atoms with van der Waals surface area (Å²) in [5, 5.41) is 12.8. The number of nitro groups is 1. The Morgan fingerprint density at radius 2 is 1.43 bits per heavy atom. The minimum atomic E-state index is -0.650. The lowest BCUT2D eigenvalue weighted by molar-refractivity contribution is -0.387. The number of nitrogens with zero attached hydrogens (tertiary/aromatic N) is 3. The van der Waals surface area contributed by atoms with Gasteiger partial charge in [0.2, 0.25) is 0 Å². The molecule has 3 aromatic rings. The number of ether oxygens (including phenoxy) is 2. The van der Waals surface area contributed by atoms with E-state index in [1.165, 1.54) is 0 Å². The molecular weight excluding hydrogens is 405 g/mol. The van der Waals surface area contributed by atoms with Gasteiger partial charge in [-0.2, -0.15) is 9.97 Å². The van der Waals surface area contributed by atoms with Gasteiger partial charge in [-0.15, -0.1) is 0 Å². The van der Waals surface area contributed by atoms with E-state index in [9.17, 15) is 10.1 Å². The number of hydrogen-bond donors (Lipinski definition) is 0. The molecule has 0 aliphatic carbocycles. The van der Waals surface area contributed by atoms with Gasteiger partial charge >= 0.3 is 17.4 Å². The summed E-state index contributed by atoms with van der Waals surface area (Å²) in [5.41, 5.74) is 1.84. The van der Waals surface area contributed by atoms with Crippen molar-refractivity contribution in [3.05, 3.63) is 73.5 Å². The minimum Gasteiger partial charge on any atom is -0.433 e. The Morgan fingerprint density at radius 1 is 0.893 bits per heavy atom. The van der Waals surface area contributed by atoms with Crippen LogP contribution in [0.2, 0.25) is 10.0 Å². The van der Waals surface area contributed by atoms with Gasteiger partial charge in [-0.3, -0.25) is 10.1 Å². The van der Waals surface area contributed by atoms with Crippen LogP contribution in [0.25, 0.3) is 0 Å². The van der Waals surface area contributed by atoms with Crippen LogP contribution >= 0.6 is 23.2 Å². The number of aryl methyl sites for hydroxylation is 3. The molecule has 1 aromatic heterocycles. The van der Waals surface area contributed by atoms with E-state index in [1.54, 1.807) is 37.3 Å². The van der Waals surface area contributed by atoms with Gasteiger partial charge in [0.15, 0.2) is 0 Å². The molecule has 28 heavy (non-hydrogen) atoms. The van der Waals surface area contributed by atoms with Gasteiger partial charge in [0.1, 0.15) is 17.8 Å². The molecule has 0 fully saturated rings. The first-order chi connectivity index (χ1) is 13.3. The molecule has 0 saturated heterocycles. The van der Waals surface area contributed by atoms with Crippen LogP contribution in [0.5, 0.6) is 23.3 Å². The molecule has 0 unspecified atom stereocenters. The molecule has 0 bridgehead atoms. The first-order valence-electron chi connectivity index (χ1n) is 8.14. The lowest BCUT2D eigenvalue weighted by atomic mass is 10.1. The standard InChI is InChI=1S/C19H15Cl2N3O4/c1-10-6-13(4-5-15(10)20)27-18-17(24(25)26)19(23-9-22-18)28-14-7-11(2)16(21)12(3)8-14/h4-9H,1-3H3. The van der Waals surface area contributed by atoms with Crippen LogP contribution in [0.3, 0.4) is 0 Å². The molecule has 0 atom stereocenters. The Bertz CT molecular complexity index is 1050. The van der Waals surface area contributed by atoms with Crippen LogP contribution < -0.4 is 9.47 Å². The number of halogens is 2. The van der Waals surface area contributed by atoms with E-state index in [-0.39, 0.29) is 11.8 Å². The second-order valence-electron chi connectivity index (χ2n) is 6.08. The Kier molecular flexibility index (Phi) is 5.67. The second-order valence-corrected chi connectivity index (χ2v) is 6.86. The summed E-state index contributed by atoms with van der Waals surface area (Å²) in [5.74, 6) is 0.253. The fourth-order valence-electron chi connectivity index (χ4n) is 2.52. The molecule has 2 aromatic carbocycles. The van der Waals surface area contributed by atoms with E-state index < -0.39 is 10.6 Å². The molecule has 0 aliphatic heterocycles. The molecule has 3 rings (SSSR count). The minimum absolute atomic E-state index is 0.234. The number of benzene rings is 2. The highest BCUT2D eigenvalue weighted by molar-refractivity contribution is 6.32. The van der Waals surface area contributed by atoms with Crippen molar-refractivity contribution < 1.29 is 14.4 Å². The van der Waals surface area contributed by atoms with Gasteiger partial charge < -0.3 is 9.47 Å². The molecule has 0 amide bonds. The summed E-state index contributed by atoms with van der Waals surface area (Å²) in [4.78, 5) is 18.8. The highest BCUT2D eigenvalue weighted by Gasteiger charge is 2.27. The summed E-state index contributed by atoms with van der Waals surface area (Å²) in [7, 11) is 0. The predicted molar refractivity (Wildman–Crippen MR) is 106 cm³/mol.